The van der Waals surface area contributed by atoms with Crippen LogP contribution in [0.4, 0.5) is 0 Å². The van der Waals surface area contributed by atoms with Gasteiger partial charge in [0.25, 0.3) is 0 Å². The first-order valence-electron chi connectivity index (χ1n) is 5.43. The molecule has 0 aliphatic heterocycles. The van der Waals surface area contributed by atoms with Gasteiger partial charge in [0.05, 0.1) is 6.61 Å². The lowest BCUT2D eigenvalue weighted by Crippen LogP contribution is -1.90. The zero-order valence-corrected chi connectivity index (χ0v) is 9.07. The van der Waals surface area contributed by atoms with Gasteiger partial charge in [0, 0.05) is 10.8 Å². The van der Waals surface area contributed by atoms with Crippen molar-refractivity contribution in [3.05, 3.63) is 42.5 Å². The van der Waals surface area contributed by atoms with Crippen molar-refractivity contribution >= 4 is 21.9 Å². The number of ether oxygens (including phenoxy) is 1. The molecule has 2 heteroatoms. The Morgan fingerprint density at radius 3 is 2.69 bits per heavy atom. The number of furan rings is 1. The molecule has 16 heavy (non-hydrogen) atoms. The topological polar surface area (TPSA) is 22.4 Å². The lowest BCUT2D eigenvalue weighted by Gasteiger charge is -2.01. The minimum absolute atomic E-state index is 0.649. The quantitative estimate of drug-likeness (QED) is 0.641. The van der Waals surface area contributed by atoms with Crippen LogP contribution in [0.5, 0.6) is 5.75 Å². The van der Waals surface area contributed by atoms with Gasteiger partial charge in [-0.15, -0.1) is 0 Å². The van der Waals surface area contributed by atoms with E-state index in [9.17, 15) is 0 Å². The number of hydrogen-bond acceptors (Lipinski definition) is 2. The maximum Gasteiger partial charge on any atom is 0.177 e. The molecule has 0 unspecified atom stereocenters. The number of rotatable bonds is 2. The predicted octanol–water partition coefficient (Wildman–Crippen LogP) is 3.98. The van der Waals surface area contributed by atoms with E-state index in [4.69, 9.17) is 9.15 Å². The monoisotopic (exact) mass is 212 g/mol. The second-order valence-electron chi connectivity index (χ2n) is 3.66. The van der Waals surface area contributed by atoms with Gasteiger partial charge in [0.2, 0.25) is 0 Å². The van der Waals surface area contributed by atoms with Crippen molar-refractivity contribution in [1.82, 2.24) is 0 Å². The van der Waals surface area contributed by atoms with Crippen LogP contribution in [-0.4, -0.2) is 6.61 Å². The molecule has 0 radical (unpaired) electrons. The molecule has 0 bridgehead atoms. The summed E-state index contributed by atoms with van der Waals surface area (Å²) in [5.41, 5.74) is 1.75. The van der Waals surface area contributed by atoms with Crippen LogP contribution in [0.1, 0.15) is 6.92 Å². The highest BCUT2D eigenvalue weighted by molar-refractivity contribution is 6.06. The van der Waals surface area contributed by atoms with Gasteiger partial charge in [-0.3, -0.25) is 0 Å². The molecule has 1 aromatic heterocycles. The Hall–Kier alpha value is -1.96. The summed E-state index contributed by atoms with van der Waals surface area (Å²) in [6.45, 7) is 2.62. The highest BCUT2D eigenvalue weighted by Crippen LogP contribution is 2.34. The summed E-state index contributed by atoms with van der Waals surface area (Å²) in [5.74, 6) is 0.816. The van der Waals surface area contributed by atoms with Gasteiger partial charge in [0.15, 0.2) is 11.3 Å². The number of para-hydroxylation sites is 2. The summed E-state index contributed by atoms with van der Waals surface area (Å²) >= 11 is 0. The molecule has 0 aliphatic rings. The number of benzene rings is 2. The van der Waals surface area contributed by atoms with Crippen LogP contribution >= 0.6 is 0 Å². The largest absolute Gasteiger partial charge is 0.490 e. The van der Waals surface area contributed by atoms with Crippen molar-refractivity contribution in [2.75, 3.05) is 6.61 Å². The van der Waals surface area contributed by atoms with Gasteiger partial charge in [-0.1, -0.05) is 30.3 Å². The van der Waals surface area contributed by atoms with Crippen LogP contribution in [0.2, 0.25) is 0 Å². The molecule has 0 saturated carbocycles. The predicted molar refractivity (Wildman–Crippen MR) is 64.9 cm³/mol. The fourth-order valence-corrected chi connectivity index (χ4v) is 1.99. The molecule has 0 fully saturated rings. The van der Waals surface area contributed by atoms with E-state index >= 15 is 0 Å². The molecule has 0 saturated heterocycles. The zero-order valence-electron chi connectivity index (χ0n) is 9.07. The Balaban J connectivity index is 2.39. The van der Waals surface area contributed by atoms with Crippen molar-refractivity contribution in [3.63, 3.8) is 0 Å². The molecule has 3 aromatic rings. The SMILES string of the molecule is CCOc1cccc2c1oc1ccccc12. The number of hydrogen-bond donors (Lipinski definition) is 0. The maximum absolute atomic E-state index is 5.81. The summed E-state index contributed by atoms with van der Waals surface area (Å²) in [6.07, 6.45) is 0. The third-order valence-electron chi connectivity index (χ3n) is 2.67. The Kier molecular flexibility index (Phi) is 2.07. The zero-order chi connectivity index (χ0) is 11.0. The summed E-state index contributed by atoms with van der Waals surface area (Å²) < 4.78 is 11.4. The highest BCUT2D eigenvalue weighted by Gasteiger charge is 2.09. The second kappa shape index (κ2) is 3.56. The first-order valence-corrected chi connectivity index (χ1v) is 5.43. The third-order valence-corrected chi connectivity index (χ3v) is 2.67. The number of fused-ring (bicyclic) bond motifs is 3. The molecule has 0 N–H and O–H groups in total. The average Bonchev–Trinajstić information content (AvgIpc) is 2.69. The Morgan fingerprint density at radius 1 is 1.00 bits per heavy atom. The summed E-state index contributed by atoms with van der Waals surface area (Å²) in [6, 6.07) is 14.0. The van der Waals surface area contributed by atoms with Crippen molar-refractivity contribution < 1.29 is 9.15 Å². The molecule has 0 spiro atoms. The summed E-state index contributed by atoms with van der Waals surface area (Å²) in [7, 11) is 0. The Bertz CT molecular complexity index is 637. The molecule has 3 rings (SSSR count). The molecule has 0 amide bonds. The molecular formula is C14H12O2. The summed E-state index contributed by atoms with van der Waals surface area (Å²) in [4.78, 5) is 0. The lowest BCUT2D eigenvalue weighted by molar-refractivity contribution is 0.339. The van der Waals surface area contributed by atoms with Crippen LogP contribution < -0.4 is 4.74 Å². The molecule has 2 nitrogen and oxygen atoms in total. The molecular weight excluding hydrogens is 200 g/mol. The molecule has 80 valence electrons. The van der Waals surface area contributed by atoms with Crippen LogP contribution in [0.25, 0.3) is 21.9 Å². The van der Waals surface area contributed by atoms with Crippen LogP contribution in [-0.2, 0) is 0 Å². The summed E-state index contributed by atoms with van der Waals surface area (Å²) in [5, 5.41) is 2.25. The van der Waals surface area contributed by atoms with E-state index in [0.29, 0.717) is 6.61 Å². The van der Waals surface area contributed by atoms with Gasteiger partial charge in [-0.25, -0.2) is 0 Å². The molecule has 2 aromatic carbocycles. The van der Waals surface area contributed by atoms with Crippen molar-refractivity contribution in [3.8, 4) is 5.75 Å². The fraction of sp³-hybridized carbons (Fsp3) is 0.143. The smallest absolute Gasteiger partial charge is 0.177 e. The van der Waals surface area contributed by atoms with E-state index in [1.807, 2.05) is 37.3 Å². The minimum atomic E-state index is 0.649. The van der Waals surface area contributed by atoms with Gasteiger partial charge in [0.1, 0.15) is 5.58 Å². The van der Waals surface area contributed by atoms with Gasteiger partial charge >= 0.3 is 0 Å². The standard InChI is InChI=1S/C14H12O2/c1-2-15-13-9-5-7-11-10-6-3-4-8-12(10)16-14(11)13/h3-9H,2H2,1H3. The first kappa shape index (κ1) is 9.28. The van der Waals surface area contributed by atoms with Gasteiger partial charge < -0.3 is 9.15 Å². The second-order valence-corrected chi connectivity index (χ2v) is 3.66. The van der Waals surface area contributed by atoms with Crippen molar-refractivity contribution in [2.24, 2.45) is 0 Å². The molecule has 0 atom stereocenters. The third kappa shape index (κ3) is 1.27. The Morgan fingerprint density at radius 2 is 1.81 bits per heavy atom. The maximum atomic E-state index is 5.81. The van der Waals surface area contributed by atoms with Crippen LogP contribution in [0.3, 0.4) is 0 Å². The minimum Gasteiger partial charge on any atom is -0.490 e. The van der Waals surface area contributed by atoms with Crippen molar-refractivity contribution in [1.29, 1.82) is 0 Å². The van der Waals surface area contributed by atoms with E-state index in [1.54, 1.807) is 0 Å². The first-order chi connectivity index (χ1) is 7.90. The average molecular weight is 212 g/mol. The van der Waals surface area contributed by atoms with E-state index < -0.39 is 0 Å². The highest BCUT2D eigenvalue weighted by atomic mass is 16.5. The van der Waals surface area contributed by atoms with E-state index in [2.05, 4.69) is 12.1 Å². The van der Waals surface area contributed by atoms with E-state index in [1.165, 1.54) is 0 Å². The van der Waals surface area contributed by atoms with E-state index in [-0.39, 0.29) is 0 Å². The molecule has 0 aliphatic carbocycles. The lowest BCUT2D eigenvalue weighted by atomic mass is 10.1. The van der Waals surface area contributed by atoms with Gasteiger partial charge in [-0.2, -0.15) is 0 Å². The normalized spacial score (nSPS) is 11.1. The van der Waals surface area contributed by atoms with Crippen LogP contribution in [0, 0.1) is 0 Å². The van der Waals surface area contributed by atoms with Crippen molar-refractivity contribution in [2.45, 2.75) is 6.92 Å². The Labute approximate surface area is 93.4 Å². The fourth-order valence-electron chi connectivity index (χ4n) is 1.99. The van der Waals surface area contributed by atoms with Gasteiger partial charge in [-0.05, 0) is 19.1 Å². The van der Waals surface area contributed by atoms with Crippen LogP contribution in [0.15, 0.2) is 46.9 Å². The van der Waals surface area contributed by atoms with E-state index in [0.717, 1.165) is 27.7 Å². The molecule has 1 heterocycles.